The molecule has 0 aliphatic carbocycles. The van der Waals surface area contributed by atoms with E-state index in [2.05, 4.69) is 15.4 Å². The van der Waals surface area contributed by atoms with Crippen molar-refractivity contribution >= 4 is 11.7 Å². The van der Waals surface area contributed by atoms with E-state index in [-0.39, 0.29) is 6.03 Å². The van der Waals surface area contributed by atoms with E-state index < -0.39 is 0 Å². The lowest BCUT2D eigenvalue weighted by atomic mass is 10.3. The maximum atomic E-state index is 11.6. The van der Waals surface area contributed by atoms with Crippen molar-refractivity contribution in [2.45, 2.75) is 6.92 Å². The topological polar surface area (TPSA) is 63.1 Å². The molecule has 18 heavy (non-hydrogen) atoms. The Labute approximate surface area is 104 Å². The quantitative estimate of drug-likeness (QED) is 0.859. The zero-order valence-electron chi connectivity index (χ0n) is 10.00. The number of carbonyl (C=O) groups is 1. The number of nitrogens with one attached hydrogen (secondary N) is 1. The second-order valence-electron chi connectivity index (χ2n) is 4.14. The molecule has 92 valence electrons. The van der Waals surface area contributed by atoms with Gasteiger partial charge in [-0.15, -0.1) is 0 Å². The first-order chi connectivity index (χ1) is 8.75. The van der Waals surface area contributed by atoms with Crippen molar-refractivity contribution in [2.75, 3.05) is 18.0 Å². The van der Waals surface area contributed by atoms with Crippen molar-refractivity contribution < 1.29 is 4.79 Å². The summed E-state index contributed by atoms with van der Waals surface area (Å²) in [4.78, 5) is 17.4. The zero-order chi connectivity index (χ0) is 12.5. The van der Waals surface area contributed by atoms with Crippen LogP contribution in [0.3, 0.4) is 0 Å². The van der Waals surface area contributed by atoms with Gasteiger partial charge in [0.25, 0.3) is 0 Å². The van der Waals surface area contributed by atoms with Gasteiger partial charge in [0.2, 0.25) is 0 Å². The summed E-state index contributed by atoms with van der Waals surface area (Å²) >= 11 is 0. The Hall–Kier alpha value is -2.37. The number of hydrogen-bond acceptors (Lipinski definition) is 3. The standard InChI is InChI=1S/C12H13N5O/c1-9-11(16-6-5-14-12(16)18)8-17(15-9)10-3-2-4-13-7-10/h2-4,7-8H,5-6H2,1H3,(H,14,18). The number of hydrogen-bond donors (Lipinski definition) is 1. The number of aryl methyl sites for hydroxylation is 1. The maximum Gasteiger partial charge on any atom is 0.322 e. The van der Waals surface area contributed by atoms with Crippen molar-refractivity contribution in [2.24, 2.45) is 0 Å². The first-order valence-electron chi connectivity index (χ1n) is 5.78. The molecule has 1 fully saturated rings. The first kappa shape index (κ1) is 10.8. The van der Waals surface area contributed by atoms with Crippen molar-refractivity contribution in [3.8, 4) is 5.69 Å². The molecule has 0 bridgehead atoms. The SMILES string of the molecule is Cc1nn(-c2cccnc2)cc1N1CCNC1=O. The fourth-order valence-corrected chi connectivity index (χ4v) is 2.04. The highest BCUT2D eigenvalue weighted by Gasteiger charge is 2.24. The van der Waals surface area contributed by atoms with E-state index in [0.717, 1.165) is 17.1 Å². The van der Waals surface area contributed by atoms with Crippen molar-refractivity contribution in [3.05, 3.63) is 36.4 Å². The summed E-state index contributed by atoms with van der Waals surface area (Å²) in [6, 6.07) is 3.71. The summed E-state index contributed by atoms with van der Waals surface area (Å²) in [6.45, 7) is 3.25. The van der Waals surface area contributed by atoms with E-state index in [4.69, 9.17) is 0 Å². The summed E-state index contributed by atoms with van der Waals surface area (Å²) in [5.41, 5.74) is 2.55. The lowest BCUT2D eigenvalue weighted by Gasteiger charge is -2.11. The van der Waals surface area contributed by atoms with Crippen molar-refractivity contribution in [1.29, 1.82) is 0 Å². The molecule has 1 aliphatic rings. The molecule has 3 rings (SSSR count). The van der Waals surface area contributed by atoms with Gasteiger partial charge in [-0.25, -0.2) is 9.48 Å². The molecule has 1 aliphatic heterocycles. The van der Waals surface area contributed by atoms with Gasteiger partial charge in [-0.3, -0.25) is 9.88 Å². The van der Waals surface area contributed by atoms with E-state index in [1.54, 1.807) is 22.0 Å². The fraction of sp³-hybridized carbons (Fsp3) is 0.250. The molecular formula is C12H13N5O. The monoisotopic (exact) mass is 243 g/mol. The molecule has 2 aromatic heterocycles. The van der Waals surface area contributed by atoms with Crippen LogP contribution in [0.25, 0.3) is 5.69 Å². The predicted octanol–water partition coefficient (Wildman–Crippen LogP) is 1.11. The second kappa shape index (κ2) is 4.14. The zero-order valence-corrected chi connectivity index (χ0v) is 10.00. The fourth-order valence-electron chi connectivity index (χ4n) is 2.04. The van der Waals surface area contributed by atoms with E-state index >= 15 is 0 Å². The molecule has 3 heterocycles. The number of aromatic nitrogens is 3. The molecule has 0 atom stereocenters. The van der Waals surface area contributed by atoms with Crippen LogP contribution in [0.1, 0.15) is 5.69 Å². The molecular weight excluding hydrogens is 230 g/mol. The molecule has 0 saturated carbocycles. The first-order valence-corrected chi connectivity index (χ1v) is 5.78. The van der Waals surface area contributed by atoms with Gasteiger partial charge >= 0.3 is 6.03 Å². The number of anilines is 1. The van der Waals surface area contributed by atoms with Gasteiger partial charge in [-0.1, -0.05) is 0 Å². The Morgan fingerprint density at radius 1 is 1.44 bits per heavy atom. The third kappa shape index (κ3) is 1.71. The number of rotatable bonds is 2. The predicted molar refractivity (Wildman–Crippen MR) is 66.8 cm³/mol. The van der Waals surface area contributed by atoms with Crippen LogP contribution in [0.15, 0.2) is 30.7 Å². The van der Waals surface area contributed by atoms with E-state index in [1.807, 2.05) is 25.3 Å². The minimum Gasteiger partial charge on any atom is -0.336 e. The molecule has 1 N–H and O–H groups in total. The largest absolute Gasteiger partial charge is 0.336 e. The third-order valence-corrected chi connectivity index (χ3v) is 2.93. The highest BCUT2D eigenvalue weighted by Crippen LogP contribution is 2.22. The van der Waals surface area contributed by atoms with Crippen LogP contribution in [0.4, 0.5) is 10.5 Å². The minimum atomic E-state index is -0.0659. The molecule has 0 radical (unpaired) electrons. The van der Waals surface area contributed by atoms with Crippen LogP contribution in [-0.4, -0.2) is 33.9 Å². The van der Waals surface area contributed by atoms with Crippen LogP contribution in [-0.2, 0) is 0 Å². The summed E-state index contributed by atoms with van der Waals surface area (Å²) < 4.78 is 1.74. The van der Waals surface area contributed by atoms with Gasteiger partial charge in [0.05, 0.1) is 29.5 Å². The Bertz CT molecular complexity index is 577. The molecule has 6 nitrogen and oxygen atoms in total. The summed E-state index contributed by atoms with van der Waals surface area (Å²) in [5, 5.41) is 7.20. The van der Waals surface area contributed by atoms with Crippen LogP contribution >= 0.6 is 0 Å². The molecule has 2 aromatic rings. The van der Waals surface area contributed by atoms with E-state index in [0.29, 0.717) is 13.1 Å². The Morgan fingerprint density at radius 2 is 2.33 bits per heavy atom. The van der Waals surface area contributed by atoms with Gasteiger partial charge < -0.3 is 5.32 Å². The molecule has 6 heteroatoms. The number of pyridine rings is 1. The van der Waals surface area contributed by atoms with Gasteiger partial charge in [0.15, 0.2) is 0 Å². The number of amides is 2. The number of urea groups is 1. The van der Waals surface area contributed by atoms with E-state index in [1.165, 1.54) is 0 Å². The van der Waals surface area contributed by atoms with Crippen molar-refractivity contribution in [3.63, 3.8) is 0 Å². The Morgan fingerprint density at radius 3 is 3.00 bits per heavy atom. The van der Waals surface area contributed by atoms with Crippen LogP contribution in [0.5, 0.6) is 0 Å². The summed E-state index contributed by atoms with van der Waals surface area (Å²) in [5.74, 6) is 0. The minimum absolute atomic E-state index is 0.0659. The Balaban J connectivity index is 1.99. The molecule has 1 saturated heterocycles. The summed E-state index contributed by atoms with van der Waals surface area (Å²) in [6.07, 6.45) is 5.31. The van der Waals surface area contributed by atoms with Crippen molar-refractivity contribution in [1.82, 2.24) is 20.1 Å². The molecule has 2 amide bonds. The maximum absolute atomic E-state index is 11.6. The molecule has 0 spiro atoms. The van der Waals surface area contributed by atoms with Gasteiger partial charge in [-0.2, -0.15) is 5.10 Å². The average molecular weight is 243 g/mol. The second-order valence-corrected chi connectivity index (χ2v) is 4.14. The van der Waals surface area contributed by atoms with Crippen LogP contribution in [0, 0.1) is 6.92 Å². The van der Waals surface area contributed by atoms with Gasteiger partial charge in [0, 0.05) is 19.3 Å². The molecule has 0 aromatic carbocycles. The smallest absolute Gasteiger partial charge is 0.322 e. The van der Waals surface area contributed by atoms with Gasteiger partial charge in [-0.05, 0) is 19.1 Å². The average Bonchev–Trinajstić information content (AvgIpc) is 2.96. The number of carbonyl (C=O) groups excluding carboxylic acids is 1. The third-order valence-electron chi connectivity index (χ3n) is 2.93. The lowest BCUT2D eigenvalue weighted by Crippen LogP contribution is -2.27. The summed E-state index contributed by atoms with van der Waals surface area (Å²) in [7, 11) is 0. The highest BCUT2D eigenvalue weighted by molar-refractivity contribution is 5.94. The van der Waals surface area contributed by atoms with Crippen LogP contribution in [0.2, 0.25) is 0 Å². The normalized spacial score (nSPS) is 14.9. The number of nitrogens with zero attached hydrogens (tertiary/aromatic N) is 4. The Kier molecular flexibility index (Phi) is 2.47. The highest BCUT2D eigenvalue weighted by atomic mass is 16.2. The lowest BCUT2D eigenvalue weighted by molar-refractivity contribution is 0.252. The van der Waals surface area contributed by atoms with Crippen LogP contribution < -0.4 is 10.2 Å². The van der Waals surface area contributed by atoms with Gasteiger partial charge in [0.1, 0.15) is 0 Å². The van der Waals surface area contributed by atoms with E-state index in [9.17, 15) is 4.79 Å². The molecule has 0 unspecified atom stereocenters.